The highest BCUT2D eigenvalue weighted by molar-refractivity contribution is 9.09. The average Bonchev–Trinajstić information content (AvgIpc) is 3.45. The number of rotatable bonds is 12. The van der Waals surface area contributed by atoms with Gasteiger partial charge in [-0.15, -0.1) is 18.3 Å². The Bertz CT molecular complexity index is 1010. The van der Waals surface area contributed by atoms with Crippen LogP contribution < -0.4 is 9.64 Å². The number of likely N-dealkylation sites (tertiary alicyclic amines) is 1. The summed E-state index contributed by atoms with van der Waals surface area (Å²) in [5, 5.41) is 18.9. The van der Waals surface area contributed by atoms with E-state index in [1.54, 1.807) is 47.3 Å². The number of aliphatic hydroxyl groups is 1. The van der Waals surface area contributed by atoms with Crippen molar-refractivity contribution in [3.63, 3.8) is 0 Å². The van der Waals surface area contributed by atoms with E-state index in [0.717, 1.165) is 12.8 Å². The lowest BCUT2D eigenvalue weighted by Gasteiger charge is -2.37. The second kappa shape index (κ2) is 11.1. The summed E-state index contributed by atoms with van der Waals surface area (Å²) in [5.41, 5.74) is 0.665. The molecule has 196 valence electrons. The van der Waals surface area contributed by atoms with Crippen molar-refractivity contribution < 1.29 is 29.3 Å². The van der Waals surface area contributed by atoms with Gasteiger partial charge in [0.2, 0.25) is 5.91 Å². The lowest BCUT2D eigenvalue weighted by molar-refractivity contribution is -0.148. The van der Waals surface area contributed by atoms with Crippen molar-refractivity contribution in [2.75, 3.05) is 31.7 Å². The monoisotopic (exact) mass is 580 g/mol. The lowest BCUT2D eigenvalue weighted by atomic mass is 9.71. The molecular formula is C26H33BrN2O6S. The normalized spacial score (nSPS) is 30.4. The van der Waals surface area contributed by atoms with Crippen molar-refractivity contribution in [2.24, 2.45) is 11.8 Å². The van der Waals surface area contributed by atoms with E-state index in [1.165, 1.54) is 11.8 Å². The van der Waals surface area contributed by atoms with Crippen molar-refractivity contribution in [3.05, 3.63) is 36.9 Å². The summed E-state index contributed by atoms with van der Waals surface area (Å²) < 4.78 is 4.46. The van der Waals surface area contributed by atoms with Gasteiger partial charge in [-0.25, -0.2) is 0 Å². The zero-order valence-corrected chi connectivity index (χ0v) is 22.7. The SMILES string of the molecule is C=CCN(C(=O)C1N(CCCCCCO)C(=O)[C@@H]2[C@H](C(=O)O)[C@H]3SC12CC3Br)c1ccc(OC)cc1. The first-order valence-electron chi connectivity index (χ1n) is 12.3. The third-order valence-electron chi connectivity index (χ3n) is 7.58. The number of anilines is 1. The Morgan fingerprint density at radius 2 is 1.97 bits per heavy atom. The van der Waals surface area contributed by atoms with Gasteiger partial charge in [-0.3, -0.25) is 14.4 Å². The first kappa shape index (κ1) is 27.0. The van der Waals surface area contributed by atoms with Gasteiger partial charge < -0.3 is 24.7 Å². The molecule has 8 nitrogen and oxygen atoms in total. The van der Waals surface area contributed by atoms with Crippen LogP contribution in [0.4, 0.5) is 5.69 Å². The van der Waals surface area contributed by atoms with Crippen LogP contribution in [0.3, 0.4) is 0 Å². The summed E-state index contributed by atoms with van der Waals surface area (Å²) in [5.74, 6) is -2.32. The largest absolute Gasteiger partial charge is 0.497 e. The van der Waals surface area contributed by atoms with Gasteiger partial charge in [0.25, 0.3) is 5.91 Å². The molecule has 0 aromatic heterocycles. The predicted octanol–water partition coefficient (Wildman–Crippen LogP) is 3.32. The standard InChI is InChI=1S/C26H33BrN2O6S/c1-3-12-28(16-8-10-17(35-2)11-9-16)24(32)22-26-15-18(27)21(36-26)19(25(33)34)20(26)23(31)29(22)13-6-4-5-7-14-30/h3,8-11,18-22,30H,1,4-7,12-15H2,2H3,(H,33,34)/t18?,19-,20-,21-,22?,26?/m0/s1. The molecular weight excluding hydrogens is 548 g/mol. The van der Waals surface area contributed by atoms with Crippen molar-refractivity contribution in [2.45, 2.75) is 53.0 Å². The minimum atomic E-state index is -0.981. The number of carbonyl (C=O) groups is 3. The number of amides is 2. The number of carboxylic acid groups (broad SMARTS) is 1. The Morgan fingerprint density at radius 1 is 1.28 bits per heavy atom. The van der Waals surface area contributed by atoms with Crippen LogP contribution in [0.5, 0.6) is 5.75 Å². The van der Waals surface area contributed by atoms with Crippen LogP contribution in [0.25, 0.3) is 0 Å². The van der Waals surface area contributed by atoms with E-state index in [9.17, 15) is 19.5 Å². The summed E-state index contributed by atoms with van der Waals surface area (Å²) in [4.78, 5) is 43.7. The molecule has 6 atom stereocenters. The van der Waals surface area contributed by atoms with Crippen LogP contribution in [-0.2, 0) is 14.4 Å². The lowest BCUT2D eigenvalue weighted by Crippen LogP contribution is -2.55. The number of ether oxygens (including phenoxy) is 1. The minimum Gasteiger partial charge on any atom is -0.497 e. The maximum Gasteiger partial charge on any atom is 0.308 e. The number of carbonyl (C=O) groups excluding carboxylic acids is 2. The number of halogens is 1. The van der Waals surface area contributed by atoms with Gasteiger partial charge in [-0.05, 0) is 43.5 Å². The quantitative estimate of drug-likeness (QED) is 0.222. The molecule has 4 rings (SSSR count). The van der Waals surface area contributed by atoms with E-state index in [4.69, 9.17) is 9.84 Å². The summed E-state index contributed by atoms with van der Waals surface area (Å²) in [6.45, 7) is 4.60. The molecule has 10 heteroatoms. The number of aliphatic hydroxyl groups excluding tert-OH is 1. The van der Waals surface area contributed by atoms with E-state index in [2.05, 4.69) is 22.5 Å². The van der Waals surface area contributed by atoms with Crippen molar-refractivity contribution in [1.29, 1.82) is 0 Å². The van der Waals surface area contributed by atoms with Crippen LogP contribution in [0.15, 0.2) is 36.9 Å². The third-order valence-corrected chi connectivity index (χ3v) is 10.8. The van der Waals surface area contributed by atoms with Crippen molar-refractivity contribution in [1.82, 2.24) is 4.90 Å². The average molecular weight is 582 g/mol. The molecule has 1 aromatic carbocycles. The first-order chi connectivity index (χ1) is 17.3. The number of carboxylic acids is 1. The number of methoxy groups -OCH3 is 1. The van der Waals surface area contributed by atoms with E-state index in [-0.39, 0.29) is 35.0 Å². The summed E-state index contributed by atoms with van der Waals surface area (Å²) in [6, 6.07) is 6.40. The highest BCUT2D eigenvalue weighted by atomic mass is 79.9. The number of hydrogen-bond acceptors (Lipinski definition) is 6. The Kier molecular flexibility index (Phi) is 8.36. The molecule has 3 unspecified atom stereocenters. The molecule has 2 amide bonds. The zero-order valence-electron chi connectivity index (χ0n) is 20.3. The number of hydrogen-bond donors (Lipinski definition) is 2. The third kappa shape index (κ3) is 4.56. The van der Waals surface area contributed by atoms with Crippen molar-refractivity contribution in [3.8, 4) is 5.75 Å². The molecule has 36 heavy (non-hydrogen) atoms. The number of aliphatic carboxylic acids is 1. The zero-order chi connectivity index (χ0) is 26.0. The van der Waals surface area contributed by atoms with Gasteiger partial charge in [0.1, 0.15) is 11.8 Å². The molecule has 3 fully saturated rings. The second-order valence-electron chi connectivity index (χ2n) is 9.61. The minimum absolute atomic E-state index is 0.0821. The van der Waals surface area contributed by atoms with E-state index >= 15 is 0 Å². The van der Waals surface area contributed by atoms with Gasteiger partial charge in [0.05, 0.1) is 23.7 Å². The fraction of sp³-hybridized carbons (Fsp3) is 0.577. The maximum absolute atomic E-state index is 14.3. The molecule has 3 heterocycles. The van der Waals surface area contributed by atoms with Crippen LogP contribution in [-0.4, -0.2) is 80.6 Å². The number of alkyl halides is 1. The van der Waals surface area contributed by atoms with Gasteiger partial charge in [-0.2, -0.15) is 0 Å². The maximum atomic E-state index is 14.3. The molecule has 0 aliphatic carbocycles. The highest BCUT2D eigenvalue weighted by Gasteiger charge is 2.76. The van der Waals surface area contributed by atoms with Crippen LogP contribution in [0, 0.1) is 11.8 Å². The number of benzene rings is 1. The molecule has 3 aliphatic rings. The van der Waals surface area contributed by atoms with E-state index in [1.807, 2.05) is 0 Å². The van der Waals surface area contributed by atoms with Gasteiger partial charge in [0, 0.05) is 35.5 Å². The molecule has 1 spiro atoms. The second-order valence-corrected chi connectivity index (χ2v) is 12.3. The summed E-state index contributed by atoms with van der Waals surface area (Å²) in [6.07, 6.45) is 5.24. The Hall–Kier alpha value is -2.04. The molecule has 0 radical (unpaired) electrons. The fourth-order valence-electron chi connectivity index (χ4n) is 6.04. The number of unbranched alkanes of at least 4 members (excludes halogenated alkanes) is 3. The Labute approximate surface area is 224 Å². The van der Waals surface area contributed by atoms with Crippen molar-refractivity contribution >= 4 is 51.2 Å². The molecule has 2 bridgehead atoms. The molecule has 0 saturated carbocycles. The predicted molar refractivity (Wildman–Crippen MR) is 143 cm³/mol. The Balaban J connectivity index is 1.71. The van der Waals surface area contributed by atoms with E-state index < -0.39 is 28.6 Å². The molecule has 2 N–H and O–H groups in total. The van der Waals surface area contributed by atoms with Gasteiger partial charge >= 0.3 is 5.97 Å². The van der Waals surface area contributed by atoms with Gasteiger partial charge in [-0.1, -0.05) is 34.8 Å². The number of fused-ring (bicyclic) bond motifs is 1. The van der Waals surface area contributed by atoms with Crippen LogP contribution in [0.1, 0.15) is 32.1 Å². The molecule has 1 aromatic rings. The fourth-order valence-corrected chi connectivity index (χ4v) is 9.64. The molecule has 3 aliphatic heterocycles. The topological polar surface area (TPSA) is 107 Å². The van der Waals surface area contributed by atoms with E-state index in [0.29, 0.717) is 37.2 Å². The van der Waals surface area contributed by atoms with Crippen LogP contribution in [0.2, 0.25) is 0 Å². The van der Waals surface area contributed by atoms with Gasteiger partial charge in [0.15, 0.2) is 0 Å². The number of thioether (sulfide) groups is 1. The summed E-state index contributed by atoms with van der Waals surface area (Å²) in [7, 11) is 1.58. The molecule has 3 saturated heterocycles. The van der Waals surface area contributed by atoms with Crippen LogP contribution >= 0.6 is 27.7 Å². The smallest absolute Gasteiger partial charge is 0.308 e. The Morgan fingerprint density at radius 3 is 2.58 bits per heavy atom. The highest BCUT2D eigenvalue weighted by Crippen LogP contribution is 2.67. The summed E-state index contributed by atoms with van der Waals surface area (Å²) >= 11 is 5.17. The first-order valence-corrected chi connectivity index (χ1v) is 14.1. The number of nitrogens with zero attached hydrogens (tertiary/aromatic N) is 2.